The highest BCUT2D eigenvalue weighted by Crippen LogP contribution is 2.45. The fraction of sp³-hybridized carbons (Fsp3) is 0.152. The lowest BCUT2D eigenvalue weighted by Gasteiger charge is -2.37. The summed E-state index contributed by atoms with van der Waals surface area (Å²) in [5.41, 5.74) is 5.16. The first-order valence-corrected chi connectivity index (χ1v) is 12.1. The van der Waals surface area contributed by atoms with Gasteiger partial charge in [-0.3, -0.25) is 19.2 Å². The fourth-order valence-electron chi connectivity index (χ4n) is 4.82. The van der Waals surface area contributed by atoms with Gasteiger partial charge in [-0.1, -0.05) is 97.1 Å². The molecule has 0 radical (unpaired) electrons. The molecule has 0 spiro atoms. The van der Waals surface area contributed by atoms with Crippen LogP contribution in [0.3, 0.4) is 0 Å². The highest BCUT2D eigenvalue weighted by atomic mass is 16.1. The summed E-state index contributed by atoms with van der Waals surface area (Å²) in [4.78, 5) is 48.1. The zero-order chi connectivity index (χ0) is 26.7. The van der Waals surface area contributed by atoms with Crippen LogP contribution in [0.5, 0.6) is 0 Å². The summed E-state index contributed by atoms with van der Waals surface area (Å²) in [7, 11) is 0. The Morgan fingerprint density at radius 3 is 0.649 bits per heavy atom. The summed E-state index contributed by atoms with van der Waals surface area (Å²) < 4.78 is 0. The Hall–Kier alpha value is -4.44. The molecule has 0 saturated heterocycles. The van der Waals surface area contributed by atoms with Crippen molar-refractivity contribution < 1.29 is 19.2 Å². The molecule has 184 valence electrons. The Labute approximate surface area is 217 Å². The van der Waals surface area contributed by atoms with Crippen molar-refractivity contribution >= 4 is 23.1 Å². The normalized spacial score (nSPS) is 11.1. The van der Waals surface area contributed by atoms with Gasteiger partial charge in [0.25, 0.3) is 0 Å². The molecule has 4 heteroatoms. The van der Waals surface area contributed by atoms with E-state index >= 15 is 0 Å². The van der Waals surface area contributed by atoms with Gasteiger partial charge < -0.3 is 0 Å². The first kappa shape index (κ1) is 25.6. The van der Waals surface area contributed by atoms with E-state index in [1.165, 1.54) is 27.7 Å². The minimum atomic E-state index is -0.852. The molecule has 0 fully saturated rings. The first-order chi connectivity index (χ1) is 17.6. The Morgan fingerprint density at radius 2 is 0.514 bits per heavy atom. The number of ketones is 4. The quantitative estimate of drug-likeness (QED) is 0.200. The topological polar surface area (TPSA) is 68.3 Å². The van der Waals surface area contributed by atoms with Gasteiger partial charge in [0.05, 0.1) is 5.41 Å². The SMILES string of the molecule is CC(=O)c1ccc(C(c2ccc(C(C)=O)cc2)(c2ccc(C(C)=O)cc2)c2ccc(C(C)=O)cc2)cc1. The average Bonchev–Trinajstić information content (AvgIpc) is 2.90. The van der Waals surface area contributed by atoms with Gasteiger partial charge in [0.1, 0.15) is 0 Å². The minimum Gasteiger partial charge on any atom is -0.295 e. The number of carbonyl (C=O) groups is 4. The number of rotatable bonds is 8. The molecule has 0 amide bonds. The zero-order valence-electron chi connectivity index (χ0n) is 21.4. The van der Waals surface area contributed by atoms with E-state index in [9.17, 15) is 19.2 Å². The van der Waals surface area contributed by atoms with Gasteiger partial charge in [-0.25, -0.2) is 0 Å². The maximum atomic E-state index is 12.0. The molecule has 4 aromatic carbocycles. The van der Waals surface area contributed by atoms with Gasteiger partial charge in [-0.15, -0.1) is 0 Å². The summed E-state index contributed by atoms with van der Waals surface area (Å²) >= 11 is 0. The molecule has 4 aromatic rings. The summed E-state index contributed by atoms with van der Waals surface area (Å²) in [5.74, 6) is -0.113. The Bertz CT molecular complexity index is 1240. The Morgan fingerprint density at radius 1 is 0.351 bits per heavy atom. The summed E-state index contributed by atoms with van der Waals surface area (Å²) in [6.45, 7) is 6.13. The molecular weight excluding hydrogens is 460 g/mol. The maximum absolute atomic E-state index is 12.0. The van der Waals surface area contributed by atoms with Crippen LogP contribution in [0.4, 0.5) is 0 Å². The average molecular weight is 489 g/mol. The summed E-state index contributed by atoms with van der Waals surface area (Å²) in [5, 5.41) is 0. The number of benzene rings is 4. The molecule has 4 rings (SSSR count). The van der Waals surface area contributed by atoms with Crippen molar-refractivity contribution in [3.63, 3.8) is 0 Å². The van der Waals surface area contributed by atoms with Crippen molar-refractivity contribution in [3.05, 3.63) is 142 Å². The maximum Gasteiger partial charge on any atom is 0.159 e. The number of Topliss-reactive ketones (excluding diaryl/α,β-unsaturated/α-hetero) is 4. The molecule has 0 heterocycles. The molecular formula is C33H28O4. The van der Waals surface area contributed by atoms with Crippen molar-refractivity contribution in [1.29, 1.82) is 0 Å². The fourth-order valence-corrected chi connectivity index (χ4v) is 4.82. The van der Waals surface area contributed by atoms with Gasteiger partial charge in [0.15, 0.2) is 23.1 Å². The summed E-state index contributed by atoms with van der Waals surface area (Å²) in [6, 6.07) is 30.0. The molecule has 0 aliphatic rings. The second-order valence-corrected chi connectivity index (χ2v) is 9.28. The van der Waals surface area contributed by atoms with Crippen LogP contribution in [0.1, 0.15) is 91.4 Å². The van der Waals surface area contributed by atoms with E-state index in [1.54, 1.807) is 0 Å². The van der Waals surface area contributed by atoms with Crippen LogP contribution in [-0.2, 0) is 5.41 Å². The minimum absolute atomic E-state index is 0.0282. The van der Waals surface area contributed by atoms with Crippen molar-refractivity contribution in [1.82, 2.24) is 0 Å². The van der Waals surface area contributed by atoms with Gasteiger partial charge in [-0.05, 0) is 49.9 Å². The van der Waals surface area contributed by atoms with E-state index in [4.69, 9.17) is 0 Å². The molecule has 37 heavy (non-hydrogen) atoms. The lowest BCUT2D eigenvalue weighted by molar-refractivity contribution is 0.100. The van der Waals surface area contributed by atoms with Crippen molar-refractivity contribution in [3.8, 4) is 0 Å². The molecule has 0 bridgehead atoms. The van der Waals surface area contributed by atoms with Crippen LogP contribution in [0.15, 0.2) is 97.1 Å². The van der Waals surface area contributed by atoms with Crippen LogP contribution in [0.25, 0.3) is 0 Å². The number of hydrogen-bond acceptors (Lipinski definition) is 4. The van der Waals surface area contributed by atoms with Crippen molar-refractivity contribution in [2.24, 2.45) is 0 Å². The van der Waals surface area contributed by atoms with E-state index < -0.39 is 5.41 Å². The Kier molecular flexibility index (Phi) is 7.12. The van der Waals surface area contributed by atoms with E-state index in [-0.39, 0.29) is 23.1 Å². The molecule has 0 aromatic heterocycles. The van der Waals surface area contributed by atoms with Crippen LogP contribution in [0, 0.1) is 0 Å². The third-order valence-corrected chi connectivity index (χ3v) is 6.90. The lowest BCUT2D eigenvalue weighted by Crippen LogP contribution is -2.31. The number of carbonyl (C=O) groups excluding carboxylic acids is 4. The summed E-state index contributed by atoms with van der Waals surface area (Å²) in [6.07, 6.45) is 0. The predicted molar refractivity (Wildman–Crippen MR) is 145 cm³/mol. The highest BCUT2D eigenvalue weighted by molar-refractivity contribution is 5.96. The molecule has 4 nitrogen and oxygen atoms in total. The van der Waals surface area contributed by atoms with Gasteiger partial charge in [0.2, 0.25) is 0 Å². The highest BCUT2D eigenvalue weighted by Gasteiger charge is 2.38. The van der Waals surface area contributed by atoms with Gasteiger partial charge in [-0.2, -0.15) is 0 Å². The predicted octanol–water partition coefficient (Wildman–Crippen LogP) is 6.88. The first-order valence-electron chi connectivity index (χ1n) is 12.1. The van der Waals surface area contributed by atoms with E-state index in [1.807, 2.05) is 97.1 Å². The monoisotopic (exact) mass is 488 g/mol. The van der Waals surface area contributed by atoms with Crippen LogP contribution in [0.2, 0.25) is 0 Å². The van der Waals surface area contributed by atoms with Crippen LogP contribution in [-0.4, -0.2) is 23.1 Å². The largest absolute Gasteiger partial charge is 0.295 e. The molecule has 0 saturated carbocycles. The third-order valence-electron chi connectivity index (χ3n) is 6.90. The standard InChI is InChI=1S/C33H28O4/c1-21(34)25-5-13-29(14-6-25)33(30-15-7-26(8-16-30)22(2)35,31-17-9-27(10-18-31)23(3)36)32-19-11-28(12-20-32)24(4)37/h5-20H,1-4H3. The van der Waals surface area contributed by atoms with E-state index in [0.717, 1.165) is 22.3 Å². The molecule has 0 atom stereocenters. The van der Waals surface area contributed by atoms with Crippen molar-refractivity contribution in [2.75, 3.05) is 0 Å². The van der Waals surface area contributed by atoms with Crippen LogP contribution < -0.4 is 0 Å². The molecule has 0 aliphatic carbocycles. The Balaban J connectivity index is 2.09. The van der Waals surface area contributed by atoms with E-state index in [0.29, 0.717) is 22.3 Å². The lowest BCUT2D eigenvalue weighted by atomic mass is 9.64. The van der Waals surface area contributed by atoms with Crippen molar-refractivity contribution in [2.45, 2.75) is 33.1 Å². The smallest absolute Gasteiger partial charge is 0.159 e. The molecule has 0 N–H and O–H groups in total. The van der Waals surface area contributed by atoms with Gasteiger partial charge >= 0.3 is 0 Å². The number of hydrogen-bond donors (Lipinski definition) is 0. The second kappa shape index (κ2) is 10.3. The third kappa shape index (κ3) is 4.83. The van der Waals surface area contributed by atoms with Gasteiger partial charge in [0, 0.05) is 22.3 Å². The van der Waals surface area contributed by atoms with Crippen LogP contribution >= 0.6 is 0 Å². The van der Waals surface area contributed by atoms with E-state index in [2.05, 4.69) is 0 Å². The zero-order valence-corrected chi connectivity index (χ0v) is 21.4. The molecule has 0 unspecified atom stereocenters. The molecule has 0 aliphatic heterocycles. The second-order valence-electron chi connectivity index (χ2n) is 9.28.